The number of pyridine rings is 2. The first-order valence-corrected chi connectivity index (χ1v) is 6.93. The summed E-state index contributed by atoms with van der Waals surface area (Å²) in [4.78, 5) is 24.8. The number of nitrogens with one attached hydrogen (secondary N) is 2. The Morgan fingerprint density at radius 3 is 2.83 bits per heavy atom. The Morgan fingerprint density at radius 1 is 1.22 bits per heavy atom. The Hall–Kier alpha value is -2.71. The van der Waals surface area contributed by atoms with Gasteiger partial charge in [0.1, 0.15) is 13.2 Å². The van der Waals surface area contributed by atoms with Crippen LogP contribution < -0.4 is 15.5 Å². The fourth-order valence-electron chi connectivity index (χ4n) is 1.59. The van der Waals surface area contributed by atoms with E-state index in [4.69, 9.17) is 14.3 Å². The molecule has 0 fully saturated rings. The van der Waals surface area contributed by atoms with E-state index in [-0.39, 0.29) is 6.61 Å². The summed E-state index contributed by atoms with van der Waals surface area (Å²) in [7, 11) is 1.60. The van der Waals surface area contributed by atoms with Crippen molar-refractivity contribution < 1.29 is 19.1 Å². The molecule has 8 heteroatoms. The van der Waals surface area contributed by atoms with Crippen molar-refractivity contribution in [1.29, 1.82) is 0 Å². The molecule has 0 aromatic carbocycles. The normalized spacial score (nSPS) is 10.1. The van der Waals surface area contributed by atoms with Gasteiger partial charge in [0.15, 0.2) is 0 Å². The van der Waals surface area contributed by atoms with Gasteiger partial charge in [0, 0.05) is 25.6 Å². The molecule has 0 spiro atoms. The minimum atomic E-state index is -0.497. The largest absolute Gasteiger partial charge is 0.475 e. The number of amides is 2. The highest BCUT2D eigenvalue weighted by molar-refractivity contribution is 5.88. The molecule has 0 aliphatic rings. The van der Waals surface area contributed by atoms with Crippen LogP contribution in [0.3, 0.4) is 0 Å². The summed E-state index contributed by atoms with van der Waals surface area (Å²) in [5.74, 6) is 0.459. The molecule has 2 rings (SSSR count). The van der Waals surface area contributed by atoms with Gasteiger partial charge >= 0.3 is 6.03 Å². The molecule has 23 heavy (non-hydrogen) atoms. The molecule has 0 aliphatic heterocycles. The summed E-state index contributed by atoms with van der Waals surface area (Å²) in [6, 6.07) is 6.47. The van der Waals surface area contributed by atoms with Gasteiger partial charge in [-0.2, -0.15) is 0 Å². The Morgan fingerprint density at radius 2 is 2.13 bits per heavy atom. The zero-order chi connectivity index (χ0) is 16.3. The highest BCUT2D eigenvalue weighted by Crippen LogP contribution is 2.11. The average molecular weight is 318 g/mol. The fraction of sp³-hybridized carbons (Fsp3) is 0.267. The Labute approximate surface area is 133 Å². The SMILES string of the molecule is COCCOc1ccc(NC(=O)NOCc2cccnc2)cn1. The van der Waals surface area contributed by atoms with E-state index in [0.717, 1.165) is 5.56 Å². The van der Waals surface area contributed by atoms with Crippen molar-refractivity contribution in [2.24, 2.45) is 0 Å². The maximum Gasteiger partial charge on any atom is 0.343 e. The number of carbonyl (C=O) groups is 1. The van der Waals surface area contributed by atoms with Gasteiger partial charge in [0.05, 0.1) is 18.5 Å². The summed E-state index contributed by atoms with van der Waals surface area (Å²) in [5.41, 5.74) is 3.66. The minimum Gasteiger partial charge on any atom is -0.475 e. The predicted molar refractivity (Wildman–Crippen MR) is 82.8 cm³/mol. The van der Waals surface area contributed by atoms with Crippen LogP contribution >= 0.6 is 0 Å². The van der Waals surface area contributed by atoms with Gasteiger partial charge in [-0.1, -0.05) is 6.07 Å². The fourth-order valence-corrected chi connectivity index (χ4v) is 1.59. The number of rotatable bonds is 8. The summed E-state index contributed by atoms with van der Waals surface area (Å²) in [6.07, 6.45) is 4.81. The third-order valence-electron chi connectivity index (χ3n) is 2.66. The molecule has 2 heterocycles. The number of hydrogen-bond donors (Lipinski definition) is 2. The van der Waals surface area contributed by atoms with Crippen molar-refractivity contribution >= 4 is 11.7 Å². The van der Waals surface area contributed by atoms with E-state index in [1.165, 1.54) is 6.20 Å². The third-order valence-corrected chi connectivity index (χ3v) is 2.66. The Kier molecular flexibility index (Phi) is 6.76. The van der Waals surface area contributed by atoms with Gasteiger partial charge in [-0.05, 0) is 17.7 Å². The lowest BCUT2D eigenvalue weighted by molar-refractivity contribution is 0.0534. The van der Waals surface area contributed by atoms with Crippen molar-refractivity contribution in [2.45, 2.75) is 6.61 Å². The van der Waals surface area contributed by atoms with Crippen LogP contribution in [0.1, 0.15) is 5.56 Å². The van der Waals surface area contributed by atoms with Crippen LogP contribution in [0.15, 0.2) is 42.9 Å². The second kappa shape index (κ2) is 9.34. The van der Waals surface area contributed by atoms with Crippen molar-refractivity contribution in [1.82, 2.24) is 15.4 Å². The second-order valence-electron chi connectivity index (χ2n) is 4.43. The third kappa shape index (κ3) is 6.29. The second-order valence-corrected chi connectivity index (χ2v) is 4.43. The number of hydroxylamine groups is 1. The summed E-state index contributed by atoms with van der Waals surface area (Å²) in [6.45, 7) is 1.13. The van der Waals surface area contributed by atoms with E-state index in [2.05, 4.69) is 20.8 Å². The van der Waals surface area contributed by atoms with Gasteiger partial charge in [-0.15, -0.1) is 0 Å². The summed E-state index contributed by atoms with van der Waals surface area (Å²) < 4.78 is 10.2. The monoisotopic (exact) mass is 318 g/mol. The first-order chi connectivity index (χ1) is 11.3. The maximum atomic E-state index is 11.7. The molecule has 0 atom stereocenters. The molecule has 2 N–H and O–H groups in total. The van der Waals surface area contributed by atoms with E-state index in [1.54, 1.807) is 37.7 Å². The molecular weight excluding hydrogens is 300 g/mol. The molecule has 0 bridgehead atoms. The molecule has 122 valence electrons. The standard InChI is InChI=1S/C15H18N4O4/c1-21-7-8-22-14-5-4-13(10-17-14)18-15(20)19-23-11-12-3-2-6-16-9-12/h2-6,9-10H,7-8,11H2,1H3,(H2,18,19,20). The molecule has 0 radical (unpaired) electrons. The van der Waals surface area contributed by atoms with E-state index in [9.17, 15) is 4.79 Å². The van der Waals surface area contributed by atoms with Gasteiger partial charge < -0.3 is 14.8 Å². The van der Waals surface area contributed by atoms with Crippen LogP contribution in [0.2, 0.25) is 0 Å². The first kappa shape index (κ1) is 16.7. The van der Waals surface area contributed by atoms with E-state index in [0.29, 0.717) is 24.8 Å². The lowest BCUT2D eigenvalue weighted by Gasteiger charge is -2.08. The summed E-state index contributed by atoms with van der Waals surface area (Å²) in [5, 5.41) is 2.59. The number of carbonyl (C=O) groups excluding carboxylic acids is 1. The van der Waals surface area contributed by atoms with Gasteiger partial charge in [0.25, 0.3) is 0 Å². The number of methoxy groups -OCH3 is 1. The lowest BCUT2D eigenvalue weighted by Crippen LogP contribution is -2.28. The molecule has 2 amide bonds. The molecule has 8 nitrogen and oxygen atoms in total. The van der Waals surface area contributed by atoms with Crippen LogP contribution in [-0.4, -0.2) is 36.3 Å². The number of aromatic nitrogens is 2. The predicted octanol–water partition coefficient (Wildman–Crippen LogP) is 1.76. The molecule has 2 aromatic heterocycles. The zero-order valence-electron chi connectivity index (χ0n) is 12.7. The number of anilines is 1. The average Bonchev–Trinajstić information content (AvgIpc) is 2.58. The maximum absolute atomic E-state index is 11.7. The van der Waals surface area contributed by atoms with Crippen molar-refractivity contribution in [2.75, 3.05) is 25.6 Å². The Bertz CT molecular complexity index is 592. The number of ether oxygens (including phenoxy) is 2. The van der Waals surface area contributed by atoms with Gasteiger partial charge in [-0.25, -0.2) is 15.3 Å². The molecule has 0 saturated carbocycles. The number of hydrogen-bond acceptors (Lipinski definition) is 6. The van der Waals surface area contributed by atoms with Crippen LogP contribution in [0.25, 0.3) is 0 Å². The molecule has 2 aromatic rings. The number of nitrogens with zero attached hydrogens (tertiary/aromatic N) is 2. The quantitative estimate of drug-likeness (QED) is 0.569. The summed E-state index contributed by atoms with van der Waals surface area (Å²) >= 11 is 0. The van der Waals surface area contributed by atoms with Crippen LogP contribution in [0.4, 0.5) is 10.5 Å². The highest BCUT2D eigenvalue weighted by Gasteiger charge is 2.03. The lowest BCUT2D eigenvalue weighted by atomic mass is 10.3. The smallest absolute Gasteiger partial charge is 0.343 e. The highest BCUT2D eigenvalue weighted by atomic mass is 16.7. The van der Waals surface area contributed by atoms with E-state index >= 15 is 0 Å². The van der Waals surface area contributed by atoms with Crippen molar-refractivity contribution in [3.8, 4) is 5.88 Å². The topological polar surface area (TPSA) is 94.6 Å². The van der Waals surface area contributed by atoms with Crippen LogP contribution in [0.5, 0.6) is 5.88 Å². The minimum absolute atomic E-state index is 0.228. The molecule has 0 saturated heterocycles. The first-order valence-electron chi connectivity index (χ1n) is 6.93. The van der Waals surface area contributed by atoms with E-state index in [1.807, 2.05) is 6.07 Å². The number of urea groups is 1. The van der Waals surface area contributed by atoms with Crippen molar-refractivity contribution in [3.05, 3.63) is 48.4 Å². The van der Waals surface area contributed by atoms with Crippen molar-refractivity contribution in [3.63, 3.8) is 0 Å². The molecular formula is C15H18N4O4. The molecule has 0 unspecified atom stereocenters. The van der Waals surface area contributed by atoms with E-state index < -0.39 is 6.03 Å². The Balaban J connectivity index is 1.70. The van der Waals surface area contributed by atoms with Crippen LogP contribution in [0, 0.1) is 0 Å². The van der Waals surface area contributed by atoms with Crippen LogP contribution in [-0.2, 0) is 16.2 Å². The van der Waals surface area contributed by atoms with Gasteiger partial charge in [-0.3, -0.25) is 9.82 Å². The zero-order valence-corrected chi connectivity index (χ0v) is 12.7. The van der Waals surface area contributed by atoms with Gasteiger partial charge in [0.2, 0.25) is 5.88 Å². The molecule has 0 aliphatic carbocycles.